The normalized spacial score (nSPS) is 33.2. The fourth-order valence-corrected chi connectivity index (χ4v) is 22.8. The molecule has 706 valence electrons. The average molecular weight is 1660 g/mol. The lowest BCUT2D eigenvalue weighted by atomic mass is 9.46. The zero-order chi connectivity index (χ0) is 81.3. The van der Waals surface area contributed by atoms with Gasteiger partial charge < -0.3 is 23.7 Å². The summed E-state index contributed by atoms with van der Waals surface area (Å²) in [6.07, 6.45) is 43.4. The maximum Gasteiger partial charge on any atom is 0.312 e. The summed E-state index contributed by atoms with van der Waals surface area (Å²) in [5.74, 6) is 12.2. The SMILES string of the molecule is C.C.C.C.C.C.C.C.C.C.CC.CC.CC.CC.CC.CCC(C)(C)C(=O)OC(C)(C)C12CC3CC(CC(C3)C1)C2.CCC(C)(C)C(=O)OC1(C)C2CC3CC(C2)CC1C3.CCC(C)(C)C(=O)OC1(C)CC2CC1C1CCCC21.CCC(C)(C)C(=O)OC1(C)CCC2CCCCC2C1.CCC(C)(C)C(=O)OC1(C)CCCC2CCCCC21. The first kappa shape index (κ1) is 127. The average Bonchev–Trinajstić information content (AvgIpc) is 1.70. The summed E-state index contributed by atoms with van der Waals surface area (Å²) in [6.45, 7) is 63.5. The molecular formula is C107H218O10. The largest absolute Gasteiger partial charge is 0.459 e. The van der Waals surface area contributed by atoms with Crippen molar-refractivity contribution >= 4 is 29.8 Å². The fraction of sp³-hybridized carbons (Fsp3) is 0.953. The van der Waals surface area contributed by atoms with Gasteiger partial charge in [-0.15, -0.1) is 0 Å². The first-order valence-corrected chi connectivity index (χ1v) is 46.3. The molecule has 0 amide bonds. The molecule has 10 nitrogen and oxygen atoms in total. The molecule has 15 aliphatic carbocycles. The molecule has 0 aliphatic heterocycles. The highest BCUT2D eigenvalue weighted by Crippen LogP contribution is 2.66. The van der Waals surface area contributed by atoms with E-state index in [9.17, 15) is 24.0 Å². The van der Waals surface area contributed by atoms with Gasteiger partial charge in [0.2, 0.25) is 0 Å². The van der Waals surface area contributed by atoms with Gasteiger partial charge in [0.05, 0.1) is 27.1 Å². The van der Waals surface area contributed by atoms with Gasteiger partial charge in [-0.1, -0.05) is 229 Å². The molecule has 15 fully saturated rings. The predicted molar refractivity (Wildman–Crippen MR) is 516 cm³/mol. The molecule has 0 spiro atoms. The second-order valence-corrected chi connectivity index (χ2v) is 40.6. The number of fused-ring (bicyclic) bond motifs is 7. The van der Waals surface area contributed by atoms with Gasteiger partial charge in [-0.25, -0.2) is 0 Å². The Balaban J connectivity index is -0.000000246. The minimum Gasteiger partial charge on any atom is -0.459 e. The van der Waals surface area contributed by atoms with E-state index < -0.39 is 0 Å². The number of rotatable bonds is 16. The number of hydrogen-bond donors (Lipinski definition) is 0. The molecular weight excluding hydrogens is 1450 g/mol. The third kappa shape index (κ3) is 30.6. The van der Waals surface area contributed by atoms with Gasteiger partial charge >= 0.3 is 29.8 Å². The van der Waals surface area contributed by atoms with Crippen LogP contribution in [0.4, 0.5) is 0 Å². The summed E-state index contributed by atoms with van der Waals surface area (Å²) < 4.78 is 30.3. The van der Waals surface area contributed by atoms with Crippen LogP contribution in [-0.4, -0.2) is 57.9 Å². The Kier molecular flexibility index (Phi) is 58.4. The fourth-order valence-electron chi connectivity index (χ4n) is 22.8. The Bertz CT molecular complexity index is 2640. The van der Waals surface area contributed by atoms with Gasteiger partial charge in [-0.05, 0) is 361 Å². The summed E-state index contributed by atoms with van der Waals surface area (Å²) in [6, 6.07) is 0. The number of carbonyl (C=O) groups is 5. The van der Waals surface area contributed by atoms with E-state index in [4.69, 9.17) is 23.7 Å². The topological polar surface area (TPSA) is 132 Å². The predicted octanol–water partition coefficient (Wildman–Crippen LogP) is 34.2. The van der Waals surface area contributed by atoms with Crippen LogP contribution < -0.4 is 0 Å². The van der Waals surface area contributed by atoms with Crippen LogP contribution in [0.1, 0.15) is 514 Å². The first-order chi connectivity index (χ1) is 50.1. The summed E-state index contributed by atoms with van der Waals surface area (Å²) >= 11 is 0. The molecule has 15 rings (SSSR count). The van der Waals surface area contributed by atoms with E-state index in [1.165, 1.54) is 167 Å². The lowest BCUT2D eigenvalue weighted by molar-refractivity contribution is -0.211. The Morgan fingerprint density at radius 2 is 0.641 bits per heavy atom. The first-order valence-electron chi connectivity index (χ1n) is 46.3. The molecule has 10 heteroatoms. The molecule has 10 bridgehead atoms. The Morgan fingerprint density at radius 1 is 0.299 bits per heavy atom. The van der Waals surface area contributed by atoms with Crippen molar-refractivity contribution in [3.05, 3.63) is 0 Å². The van der Waals surface area contributed by atoms with Crippen molar-refractivity contribution in [2.24, 2.45) is 121 Å². The van der Waals surface area contributed by atoms with Crippen LogP contribution >= 0.6 is 0 Å². The maximum absolute atomic E-state index is 12.6. The Hall–Kier alpha value is -2.65. The zero-order valence-corrected chi connectivity index (χ0v) is 76.5. The molecule has 0 aromatic carbocycles. The Labute approximate surface area is 736 Å². The van der Waals surface area contributed by atoms with Gasteiger partial charge in [-0.2, -0.15) is 0 Å². The van der Waals surface area contributed by atoms with Crippen molar-refractivity contribution in [3.8, 4) is 0 Å². The van der Waals surface area contributed by atoms with Crippen molar-refractivity contribution in [1.82, 2.24) is 0 Å². The molecule has 11 unspecified atom stereocenters. The zero-order valence-electron chi connectivity index (χ0n) is 76.5. The van der Waals surface area contributed by atoms with E-state index >= 15 is 0 Å². The lowest BCUT2D eigenvalue weighted by Gasteiger charge is -2.61. The minimum atomic E-state index is -0.362. The van der Waals surface area contributed by atoms with Gasteiger partial charge in [0.25, 0.3) is 0 Å². The van der Waals surface area contributed by atoms with Gasteiger partial charge in [-0.3, -0.25) is 24.0 Å². The quantitative estimate of drug-likeness (QED) is 0.109. The molecule has 15 saturated carbocycles. The second-order valence-electron chi connectivity index (χ2n) is 40.6. The molecule has 117 heavy (non-hydrogen) atoms. The number of carbonyl (C=O) groups excluding carboxylic acids is 5. The smallest absolute Gasteiger partial charge is 0.312 e. The van der Waals surface area contributed by atoms with E-state index in [1.54, 1.807) is 0 Å². The highest BCUT2D eigenvalue weighted by Gasteiger charge is 2.63. The van der Waals surface area contributed by atoms with Crippen molar-refractivity contribution in [1.29, 1.82) is 0 Å². The minimum absolute atomic E-state index is 0. The summed E-state index contributed by atoms with van der Waals surface area (Å²) in [5, 5.41) is 0. The summed E-state index contributed by atoms with van der Waals surface area (Å²) in [5.41, 5.74) is -2.52. The van der Waals surface area contributed by atoms with Crippen LogP contribution in [0.25, 0.3) is 0 Å². The third-order valence-corrected chi connectivity index (χ3v) is 31.4. The van der Waals surface area contributed by atoms with Gasteiger partial charge in [0, 0.05) is 17.3 Å². The number of ether oxygens (including phenoxy) is 5. The molecule has 11 atom stereocenters. The molecule has 0 heterocycles. The van der Waals surface area contributed by atoms with E-state index in [-0.39, 0.29) is 165 Å². The van der Waals surface area contributed by atoms with E-state index in [2.05, 4.69) is 76.2 Å². The van der Waals surface area contributed by atoms with E-state index in [0.717, 1.165) is 123 Å². The standard InChI is InChI=1S/C19H32O2.2C17H28O2.2C17H30O2.5C2H6.10CH4/c1-6-17(2,3)16(20)21-18(4,5)19-10-13-7-14(11-19)9-15(8-13)12-19;1-5-16(2,3)15(18)19-17(4)13-7-11-6-12(9-13)10-14(17)8-11;1-5-16(2,3)15(18)19-17(4)10-11-9-14(17)13-8-6-7-12(11)13;1-5-16(2,3)15(18)19-17(4)12-8-10-13-9-6-7-11-14(13)17;1-5-16(2,3)15(18)19-17(4)11-10-13-8-6-7-9-14(13)12-17;5*1-2;;;;;;;;;;/h13-15H,6-12H2,1-5H3;2*11-14H,5-10H2,1-4H3;2*13-14H,5-12H2,1-4H3;5*1-2H3;10*1H4. The van der Waals surface area contributed by atoms with Crippen LogP contribution in [-0.2, 0) is 47.7 Å². The van der Waals surface area contributed by atoms with Gasteiger partial charge in [0.15, 0.2) is 0 Å². The van der Waals surface area contributed by atoms with Crippen molar-refractivity contribution in [2.45, 2.75) is 542 Å². The van der Waals surface area contributed by atoms with Gasteiger partial charge in [0.1, 0.15) is 28.0 Å². The number of esters is 5. The third-order valence-electron chi connectivity index (χ3n) is 31.4. The molecule has 0 aromatic rings. The van der Waals surface area contributed by atoms with Crippen molar-refractivity contribution in [2.75, 3.05) is 0 Å². The van der Waals surface area contributed by atoms with Crippen molar-refractivity contribution < 1.29 is 47.7 Å². The summed E-state index contributed by atoms with van der Waals surface area (Å²) in [7, 11) is 0. The van der Waals surface area contributed by atoms with Crippen LogP contribution in [0.5, 0.6) is 0 Å². The highest BCUT2D eigenvalue weighted by atomic mass is 16.6. The number of hydrogen-bond acceptors (Lipinski definition) is 10. The van der Waals surface area contributed by atoms with Crippen LogP contribution in [0, 0.1) is 121 Å². The highest BCUT2D eigenvalue weighted by molar-refractivity contribution is 5.78. The Morgan fingerprint density at radius 3 is 1.06 bits per heavy atom. The van der Waals surface area contributed by atoms with Crippen LogP contribution in [0.2, 0.25) is 0 Å². The molecule has 0 N–H and O–H groups in total. The lowest BCUT2D eigenvalue weighted by Crippen LogP contribution is -2.58. The molecule has 0 radical (unpaired) electrons. The maximum atomic E-state index is 12.6. The van der Waals surface area contributed by atoms with Crippen molar-refractivity contribution in [3.63, 3.8) is 0 Å². The van der Waals surface area contributed by atoms with E-state index in [1.807, 2.05) is 138 Å². The van der Waals surface area contributed by atoms with Crippen LogP contribution in [0.15, 0.2) is 0 Å². The monoisotopic (exact) mass is 1660 g/mol. The molecule has 0 aromatic heterocycles. The molecule has 0 saturated heterocycles. The van der Waals surface area contributed by atoms with Crippen LogP contribution in [0.3, 0.4) is 0 Å². The van der Waals surface area contributed by atoms with E-state index in [0.29, 0.717) is 23.7 Å². The second kappa shape index (κ2) is 53.6. The molecule has 15 aliphatic rings. The summed E-state index contributed by atoms with van der Waals surface area (Å²) in [4.78, 5) is 62.2.